The van der Waals surface area contributed by atoms with Gasteiger partial charge in [-0.25, -0.2) is 4.98 Å². The molecule has 0 bridgehead atoms. The van der Waals surface area contributed by atoms with Gasteiger partial charge in [-0.05, 0) is 31.9 Å². The lowest BCUT2D eigenvalue weighted by Crippen LogP contribution is -2.43. The molecular formula is C20H24ClN3O2S. The Morgan fingerprint density at radius 1 is 1.22 bits per heavy atom. The molecule has 27 heavy (non-hydrogen) atoms. The van der Waals surface area contributed by atoms with Crippen LogP contribution in [-0.2, 0) is 9.59 Å². The van der Waals surface area contributed by atoms with Crippen LogP contribution >= 0.6 is 22.9 Å². The molecule has 0 atom stereocenters. The molecule has 3 rings (SSSR count). The van der Waals surface area contributed by atoms with Gasteiger partial charge in [0.2, 0.25) is 11.8 Å². The number of piperidine rings is 1. The number of rotatable bonds is 4. The summed E-state index contributed by atoms with van der Waals surface area (Å²) >= 11 is 7.42. The Kier molecular flexibility index (Phi) is 6.17. The molecule has 2 amide bonds. The van der Waals surface area contributed by atoms with Crippen molar-refractivity contribution in [3.05, 3.63) is 34.2 Å². The third-order valence-electron chi connectivity index (χ3n) is 4.82. The first-order valence-corrected chi connectivity index (χ1v) is 10.4. The van der Waals surface area contributed by atoms with E-state index in [-0.39, 0.29) is 23.7 Å². The van der Waals surface area contributed by atoms with Crippen LogP contribution in [0.1, 0.15) is 31.6 Å². The van der Waals surface area contributed by atoms with E-state index in [0.717, 1.165) is 16.1 Å². The highest BCUT2D eigenvalue weighted by molar-refractivity contribution is 7.16. The number of benzene rings is 1. The summed E-state index contributed by atoms with van der Waals surface area (Å²) in [6, 6.07) is 7.52. The number of aromatic nitrogens is 1. The number of hydrogen-bond donors (Lipinski definition) is 1. The molecule has 0 spiro atoms. The molecular weight excluding hydrogens is 382 g/mol. The summed E-state index contributed by atoms with van der Waals surface area (Å²) in [5.41, 5.74) is 1.85. The quantitative estimate of drug-likeness (QED) is 0.808. The van der Waals surface area contributed by atoms with E-state index in [1.807, 2.05) is 49.9 Å². The van der Waals surface area contributed by atoms with Gasteiger partial charge in [0.15, 0.2) is 5.13 Å². The van der Waals surface area contributed by atoms with Gasteiger partial charge in [0, 0.05) is 40.4 Å². The summed E-state index contributed by atoms with van der Waals surface area (Å²) in [7, 11) is 0. The topological polar surface area (TPSA) is 62.3 Å². The van der Waals surface area contributed by atoms with Gasteiger partial charge in [0.1, 0.15) is 0 Å². The Hall–Kier alpha value is -1.92. The van der Waals surface area contributed by atoms with Crippen LogP contribution < -0.4 is 5.32 Å². The van der Waals surface area contributed by atoms with Gasteiger partial charge >= 0.3 is 0 Å². The van der Waals surface area contributed by atoms with Crippen LogP contribution in [0.3, 0.4) is 0 Å². The number of carbonyl (C=O) groups is 2. The molecule has 1 N–H and O–H groups in total. The van der Waals surface area contributed by atoms with Gasteiger partial charge in [0.05, 0.1) is 5.69 Å². The number of nitrogens with one attached hydrogen (secondary N) is 1. The summed E-state index contributed by atoms with van der Waals surface area (Å²) in [4.78, 5) is 32.2. The Morgan fingerprint density at radius 2 is 1.85 bits per heavy atom. The van der Waals surface area contributed by atoms with Gasteiger partial charge < -0.3 is 10.2 Å². The number of nitrogens with zero attached hydrogens (tertiary/aromatic N) is 2. The highest BCUT2D eigenvalue weighted by Gasteiger charge is 2.28. The number of amides is 2. The first-order chi connectivity index (χ1) is 12.8. The van der Waals surface area contributed by atoms with E-state index in [0.29, 0.717) is 36.1 Å². The molecule has 144 valence electrons. The molecule has 5 nitrogen and oxygen atoms in total. The second-order valence-corrected chi connectivity index (χ2v) is 8.81. The van der Waals surface area contributed by atoms with Crippen LogP contribution in [0.5, 0.6) is 0 Å². The Labute approximate surface area is 168 Å². The zero-order valence-electron chi connectivity index (χ0n) is 15.8. The summed E-state index contributed by atoms with van der Waals surface area (Å²) < 4.78 is 0. The van der Waals surface area contributed by atoms with Crippen LogP contribution in [0, 0.1) is 18.8 Å². The van der Waals surface area contributed by atoms with Crippen molar-refractivity contribution in [3.63, 3.8) is 0 Å². The Morgan fingerprint density at radius 3 is 2.44 bits per heavy atom. The number of aryl methyl sites for hydroxylation is 1. The standard InChI is InChI=1S/C20H24ClN3O2S/c1-12(2)19(26)24-10-8-15(9-11-24)18(25)23-20-22-17(13(3)27-20)14-4-6-16(21)7-5-14/h4-7,12,15H,8-11H2,1-3H3,(H,22,23,25). The Balaban J connectivity index is 1.61. The van der Waals surface area contributed by atoms with Crippen molar-refractivity contribution >= 4 is 39.9 Å². The predicted molar refractivity (Wildman–Crippen MR) is 110 cm³/mol. The van der Waals surface area contributed by atoms with Crippen molar-refractivity contribution < 1.29 is 9.59 Å². The maximum Gasteiger partial charge on any atom is 0.229 e. The summed E-state index contributed by atoms with van der Waals surface area (Å²) in [5.74, 6) is 0.0735. The zero-order valence-corrected chi connectivity index (χ0v) is 17.4. The molecule has 1 fully saturated rings. The van der Waals surface area contributed by atoms with E-state index in [1.165, 1.54) is 11.3 Å². The second-order valence-electron chi connectivity index (χ2n) is 7.17. The molecule has 0 aliphatic carbocycles. The largest absolute Gasteiger partial charge is 0.342 e. The lowest BCUT2D eigenvalue weighted by molar-refractivity contribution is -0.137. The van der Waals surface area contributed by atoms with Crippen molar-refractivity contribution in [2.75, 3.05) is 18.4 Å². The number of hydrogen-bond acceptors (Lipinski definition) is 4. The van der Waals surface area contributed by atoms with Gasteiger partial charge in [-0.15, -0.1) is 11.3 Å². The monoisotopic (exact) mass is 405 g/mol. The number of carbonyl (C=O) groups excluding carboxylic acids is 2. The van der Waals surface area contributed by atoms with E-state index < -0.39 is 0 Å². The maximum atomic E-state index is 12.6. The number of likely N-dealkylation sites (tertiary alicyclic amines) is 1. The van der Waals surface area contributed by atoms with Gasteiger partial charge in [-0.1, -0.05) is 37.6 Å². The summed E-state index contributed by atoms with van der Waals surface area (Å²) in [6.07, 6.45) is 1.39. The van der Waals surface area contributed by atoms with Crippen molar-refractivity contribution in [2.45, 2.75) is 33.6 Å². The molecule has 0 unspecified atom stereocenters. The molecule has 1 aliphatic rings. The fourth-order valence-electron chi connectivity index (χ4n) is 3.26. The molecule has 1 aromatic carbocycles. The molecule has 1 aliphatic heterocycles. The Bertz CT molecular complexity index is 824. The van der Waals surface area contributed by atoms with Crippen LogP contribution in [0.4, 0.5) is 5.13 Å². The molecule has 1 saturated heterocycles. The van der Waals surface area contributed by atoms with E-state index >= 15 is 0 Å². The van der Waals surface area contributed by atoms with E-state index in [4.69, 9.17) is 11.6 Å². The minimum Gasteiger partial charge on any atom is -0.342 e. The van der Waals surface area contributed by atoms with Gasteiger partial charge in [0.25, 0.3) is 0 Å². The summed E-state index contributed by atoms with van der Waals surface area (Å²) in [5, 5.41) is 4.26. The van der Waals surface area contributed by atoms with Crippen LogP contribution in [0.15, 0.2) is 24.3 Å². The molecule has 2 heterocycles. The average Bonchev–Trinajstić information content (AvgIpc) is 3.01. The van der Waals surface area contributed by atoms with E-state index in [1.54, 1.807) is 0 Å². The van der Waals surface area contributed by atoms with Crippen molar-refractivity contribution in [3.8, 4) is 11.3 Å². The van der Waals surface area contributed by atoms with Gasteiger partial charge in [-0.2, -0.15) is 0 Å². The van der Waals surface area contributed by atoms with Crippen molar-refractivity contribution in [1.82, 2.24) is 9.88 Å². The number of halogens is 1. The zero-order chi connectivity index (χ0) is 19.6. The fraction of sp³-hybridized carbons (Fsp3) is 0.450. The lowest BCUT2D eigenvalue weighted by Gasteiger charge is -2.32. The third-order valence-corrected chi connectivity index (χ3v) is 5.95. The highest BCUT2D eigenvalue weighted by atomic mass is 35.5. The third kappa shape index (κ3) is 4.68. The van der Waals surface area contributed by atoms with Crippen molar-refractivity contribution in [2.24, 2.45) is 11.8 Å². The fourth-order valence-corrected chi connectivity index (χ4v) is 4.22. The first kappa shape index (κ1) is 19.8. The van der Waals surface area contributed by atoms with E-state index in [2.05, 4.69) is 10.3 Å². The SMILES string of the molecule is Cc1sc(NC(=O)C2CCN(C(=O)C(C)C)CC2)nc1-c1ccc(Cl)cc1. The molecule has 1 aromatic heterocycles. The van der Waals surface area contributed by atoms with Crippen LogP contribution in [0.2, 0.25) is 5.02 Å². The number of anilines is 1. The van der Waals surface area contributed by atoms with Crippen molar-refractivity contribution in [1.29, 1.82) is 0 Å². The lowest BCUT2D eigenvalue weighted by atomic mass is 9.95. The smallest absolute Gasteiger partial charge is 0.229 e. The molecule has 2 aromatic rings. The van der Waals surface area contributed by atoms with Gasteiger partial charge in [-0.3, -0.25) is 9.59 Å². The van der Waals surface area contributed by atoms with E-state index in [9.17, 15) is 9.59 Å². The highest BCUT2D eigenvalue weighted by Crippen LogP contribution is 2.31. The minimum absolute atomic E-state index is 0.0000377. The van der Waals surface area contributed by atoms with Crippen LogP contribution in [-0.4, -0.2) is 34.8 Å². The molecule has 0 saturated carbocycles. The predicted octanol–water partition coefficient (Wildman–Crippen LogP) is 4.61. The molecule has 0 radical (unpaired) electrons. The number of thiazole rings is 1. The summed E-state index contributed by atoms with van der Waals surface area (Å²) in [6.45, 7) is 7.09. The second kappa shape index (κ2) is 8.40. The maximum absolute atomic E-state index is 12.6. The minimum atomic E-state index is -0.0793. The first-order valence-electron chi connectivity index (χ1n) is 9.18. The molecule has 7 heteroatoms. The normalized spacial score (nSPS) is 15.2. The average molecular weight is 406 g/mol. The van der Waals surface area contributed by atoms with Crippen LogP contribution in [0.25, 0.3) is 11.3 Å².